The van der Waals surface area contributed by atoms with Gasteiger partial charge in [0.05, 0.1) is 42.6 Å². The molecule has 2 atom stereocenters. The molecule has 1 N–H and O–H groups in total. The van der Waals surface area contributed by atoms with Crippen LogP contribution >= 0.6 is 11.6 Å². The first kappa shape index (κ1) is 23.7. The fraction of sp³-hybridized carbons (Fsp3) is 0.375. The van der Waals surface area contributed by atoms with Crippen molar-refractivity contribution in [3.63, 3.8) is 0 Å². The molecule has 0 spiro atoms. The van der Waals surface area contributed by atoms with E-state index in [-0.39, 0.29) is 28.7 Å². The van der Waals surface area contributed by atoms with Crippen LogP contribution in [0.2, 0.25) is 5.15 Å². The van der Waals surface area contributed by atoms with E-state index in [1.807, 2.05) is 37.8 Å². The molecule has 3 heterocycles. The normalized spacial score (nSPS) is 16.7. The van der Waals surface area contributed by atoms with Gasteiger partial charge in [-0.25, -0.2) is 19.7 Å². The molecule has 4 rings (SSSR count). The second-order valence-corrected chi connectivity index (χ2v) is 8.63. The number of nitrogens with one attached hydrogen (secondary N) is 1. The molecule has 0 saturated carbocycles. The number of ether oxygens (including phenoxy) is 2. The number of morpholine rings is 1. The minimum absolute atomic E-state index is 0.0324. The average molecular weight is 481 g/mol. The van der Waals surface area contributed by atoms with Crippen LogP contribution in [-0.2, 0) is 9.47 Å². The molecule has 2 aromatic heterocycles. The number of benzene rings is 1. The molecular weight excluding hydrogens is 456 g/mol. The van der Waals surface area contributed by atoms with E-state index in [1.165, 1.54) is 7.11 Å². The molecule has 34 heavy (non-hydrogen) atoms. The van der Waals surface area contributed by atoms with E-state index in [0.29, 0.717) is 42.2 Å². The van der Waals surface area contributed by atoms with Crippen molar-refractivity contribution in [2.45, 2.75) is 32.9 Å². The third kappa shape index (κ3) is 4.74. The summed E-state index contributed by atoms with van der Waals surface area (Å²) in [5.74, 6) is -0.0423. The van der Waals surface area contributed by atoms with E-state index >= 15 is 0 Å². The summed E-state index contributed by atoms with van der Waals surface area (Å²) in [6, 6.07) is 9.15. The quantitative estimate of drug-likeness (QED) is 0.426. The second kappa shape index (κ2) is 9.79. The van der Waals surface area contributed by atoms with Crippen molar-refractivity contribution in [3.05, 3.63) is 51.9 Å². The Kier molecular flexibility index (Phi) is 6.82. The Hall–Kier alpha value is -3.48. The predicted molar refractivity (Wildman–Crippen MR) is 129 cm³/mol. The largest absolute Gasteiger partial charge is 0.464 e. The van der Waals surface area contributed by atoms with Crippen LogP contribution in [0, 0.1) is 18.3 Å². The fourth-order valence-corrected chi connectivity index (χ4v) is 4.22. The smallest absolute Gasteiger partial charge is 0.358 e. The van der Waals surface area contributed by atoms with Crippen LogP contribution in [0.5, 0.6) is 0 Å². The van der Waals surface area contributed by atoms with Gasteiger partial charge in [-0.2, -0.15) is 5.26 Å². The first-order chi connectivity index (χ1) is 16.3. The Balaban J connectivity index is 1.79. The topological polar surface area (TPSA) is 113 Å². The maximum absolute atomic E-state index is 12.2. The number of aromatic nitrogens is 3. The molecule has 1 aromatic carbocycles. The van der Waals surface area contributed by atoms with E-state index in [1.54, 1.807) is 12.1 Å². The number of fused-ring (bicyclic) bond motifs is 1. The van der Waals surface area contributed by atoms with Gasteiger partial charge < -0.3 is 19.7 Å². The van der Waals surface area contributed by atoms with Crippen LogP contribution in [0.15, 0.2) is 24.3 Å². The highest BCUT2D eigenvalue weighted by Gasteiger charge is 2.24. The number of halogens is 1. The molecule has 3 aromatic rings. The number of hydrogen-bond donors (Lipinski definition) is 1. The van der Waals surface area contributed by atoms with E-state index in [2.05, 4.69) is 21.4 Å². The number of esters is 1. The van der Waals surface area contributed by atoms with Gasteiger partial charge in [-0.15, -0.1) is 0 Å². The Labute approximate surface area is 202 Å². The number of carbonyl (C=O) groups excluding carboxylic acids is 1. The molecule has 9 nitrogen and oxygen atoms in total. The van der Waals surface area contributed by atoms with Crippen LogP contribution in [-0.4, -0.2) is 53.8 Å². The van der Waals surface area contributed by atoms with E-state index in [0.717, 1.165) is 11.1 Å². The summed E-state index contributed by atoms with van der Waals surface area (Å²) in [7, 11) is 1.29. The number of nitrogens with zero attached hydrogens (tertiary/aromatic N) is 5. The first-order valence-corrected chi connectivity index (χ1v) is 11.3. The highest BCUT2D eigenvalue weighted by molar-refractivity contribution is 6.29. The third-order valence-electron chi connectivity index (χ3n) is 5.65. The Morgan fingerprint density at radius 3 is 2.85 bits per heavy atom. The number of carbonyl (C=O) groups is 1. The fourth-order valence-electron chi connectivity index (χ4n) is 4.08. The molecule has 0 bridgehead atoms. The van der Waals surface area contributed by atoms with Crippen LogP contribution in [0.4, 0.5) is 11.5 Å². The molecular formula is C24H25ClN6O3. The minimum atomic E-state index is -0.589. The molecule has 1 aliphatic rings. The predicted octanol–water partition coefficient (Wildman–Crippen LogP) is 4.04. The van der Waals surface area contributed by atoms with Crippen molar-refractivity contribution in [1.82, 2.24) is 15.0 Å². The minimum Gasteiger partial charge on any atom is -0.464 e. The Morgan fingerprint density at radius 1 is 1.35 bits per heavy atom. The molecule has 1 fully saturated rings. The summed E-state index contributed by atoms with van der Waals surface area (Å²) in [4.78, 5) is 27.9. The summed E-state index contributed by atoms with van der Waals surface area (Å²) in [5.41, 5.74) is 4.04. The van der Waals surface area contributed by atoms with Crippen molar-refractivity contribution in [3.8, 4) is 6.07 Å². The van der Waals surface area contributed by atoms with Gasteiger partial charge in [0.15, 0.2) is 17.2 Å². The standard InChI is InChI=1S/C24H25ClN6O3/c1-13-9-16(15(3)27-17-5-6-20(25)29-22(17)24(32)33-4)21-18(10-13)28-19(11-26)23(30-21)31-7-8-34-14(2)12-31/h5-6,9-10,14-15,27H,7-8,12H2,1-4H3/t14-,15+/m0/s1. The van der Waals surface area contributed by atoms with Gasteiger partial charge in [-0.1, -0.05) is 17.7 Å². The van der Waals surface area contributed by atoms with Crippen molar-refractivity contribution < 1.29 is 14.3 Å². The maximum atomic E-state index is 12.2. The monoisotopic (exact) mass is 480 g/mol. The van der Waals surface area contributed by atoms with Gasteiger partial charge in [-0.3, -0.25) is 0 Å². The lowest BCUT2D eigenvalue weighted by atomic mass is 10.0. The summed E-state index contributed by atoms with van der Waals surface area (Å²) in [6.45, 7) is 7.73. The van der Waals surface area contributed by atoms with Crippen molar-refractivity contribution in [1.29, 1.82) is 5.26 Å². The summed E-state index contributed by atoms with van der Waals surface area (Å²) < 4.78 is 10.5. The van der Waals surface area contributed by atoms with Crippen LogP contribution in [0.1, 0.15) is 47.2 Å². The average Bonchev–Trinajstić information content (AvgIpc) is 2.83. The number of hydrogen-bond acceptors (Lipinski definition) is 9. The van der Waals surface area contributed by atoms with Crippen LogP contribution in [0.3, 0.4) is 0 Å². The molecule has 0 aliphatic carbocycles. The lowest BCUT2D eigenvalue weighted by Crippen LogP contribution is -2.42. The van der Waals surface area contributed by atoms with Crippen LogP contribution in [0.25, 0.3) is 11.0 Å². The Morgan fingerprint density at radius 2 is 2.15 bits per heavy atom. The third-order valence-corrected chi connectivity index (χ3v) is 5.86. The van der Waals surface area contributed by atoms with Gasteiger partial charge in [-0.05, 0) is 44.5 Å². The second-order valence-electron chi connectivity index (χ2n) is 8.24. The Bertz CT molecular complexity index is 1290. The van der Waals surface area contributed by atoms with Gasteiger partial charge in [0, 0.05) is 18.7 Å². The van der Waals surface area contributed by atoms with E-state index < -0.39 is 5.97 Å². The van der Waals surface area contributed by atoms with E-state index in [4.69, 9.17) is 26.1 Å². The maximum Gasteiger partial charge on any atom is 0.358 e. The molecule has 1 saturated heterocycles. The molecule has 0 amide bonds. The zero-order chi connectivity index (χ0) is 24.4. The molecule has 176 valence electrons. The van der Waals surface area contributed by atoms with E-state index in [9.17, 15) is 10.1 Å². The number of aryl methyl sites for hydroxylation is 1. The number of nitriles is 1. The van der Waals surface area contributed by atoms with Gasteiger partial charge >= 0.3 is 5.97 Å². The molecule has 0 radical (unpaired) electrons. The van der Waals surface area contributed by atoms with Crippen molar-refractivity contribution in [2.75, 3.05) is 37.0 Å². The molecule has 1 aliphatic heterocycles. The lowest BCUT2D eigenvalue weighted by Gasteiger charge is -2.32. The zero-order valence-corrected chi connectivity index (χ0v) is 20.2. The summed E-state index contributed by atoms with van der Waals surface area (Å²) >= 11 is 6.00. The number of rotatable bonds is 5. The highest BCUT2D eigenvalue weighted by Crippen LogP contribution is 2.31. The molecule has 10 heteroatoms. The highest BCUT2D eigenvalue weighted by atomic mass is 35.5. The molecule has 0 unspecified atom stereocenters. The number of pyridine rings is 1. The summed E-state index contributed by atoms with van der Waals surface area (Å²) in [6.07, 6.45) is 0.0324. The number of anilines is 2. The zero-order valence-electron chi connectivity index (χ0n) is 19.4. The van der Waals surface area contributed by atoms with Crippen molar-refractivity contribution in [2.24, 2.45) is 0 Å². The van der Waals surface area contributed by atoms with Crippen LogP contribution < -0.4 is 10.2 Å². The van der Waals surface area contributed by atoms with Gasteiger partial charge in [0.2, 0.25) is 0 Å². The van der Waals surface area contributed by atoms with Gasteiger partial charge in [0.1, 0.15) is 11.2 Å². The SMILES string of the molecule is COC(=O)c1nc(Cl)ccc1N[C@H](C)c1cc(C)cc2nc(C#N)c(N3CCO[C@@H](C)C3)nc12. The lowest BCUT2D eigenvalue weighted by molar-refractivity contribution is 0.0529. The van der Waals surface area contributed by atoms with Crippen molar-refractivity contribution >= 4 is 40.1 Å². The number of methoxy groups -OCH3 is 1. The first-order valence-electron chi connectivity index (χ1n) is 10.9. The summed E-state index contributed by atoms with van der Waals surface area (Å²) in [5, 5.41) is 13.3. The van der Waals surface area contributed by atoms with Gasteiger partial charge in [0.25, 0.3) is 0 Å².